The van der Waals surface area contributed by atoms with E-state index in [2.05, 4.69) is 10.2 Å². The molecule has 1 spiro atoms. The van der Waals surface area contributed by atoms with Crippen LogP contribution in [0.3, 0.4) is 0 Å². The molecule has 0 aliphatic carbocycles. The molecule has 0 bridgehead atoms. The summed E-state index contributed by atoms with van der Waals surface area (Å²) in [7, 11) is 2.78. The van der Waals surface area contributed by atoms with Crippen LogP contribution in [0.2, 0.25) is 0 Å². The van der Waals surface area contributed by atoms with Gasteiger partial charge in [-0.2, -0.15) is 0 Å². The summed E-state index contributed by atoms with van der Waals surface area (Å²) in [4.78, 5) is 83.8. The van der Waals surface area contributed by atoms with Crippen molar-refractivity contribution in [3.05, 3.63) is 64.2 Å². The smallest absolute Gasteiger partial charge is 0.335 e. The lowest BCUT2D eigenvalue weighted by atomic mass is 9.68. The minimum absolute atomic E-state index is 0.0768. The Hall–Kier alpha value is -4.80. The zero-order valence-electron chi connectivity index (χ0n) is 23.2. The molecule has 41 heavy (non-hydrogen) atoms. The van der Waals surface area contributed by atoms with Gasteiger partial charge in [-0.3, -0.25) is 34.3 Å². The molecular formula is C30H29N5O6. The number of barbiturate groups is 2. The second-order valence-corrected chi connectivity index (χ2v) is 11.2. The van der Waals surface area contributed by atoms with Gasteiger partial charge in [0.2, 0.25) is 11.8 Å². The Labute approximate surface area is 236 Å². The highest BCUT2D eigenvalue weighted by Gasteiger charge is 2.63. The molecule has 0 saturated carbocycles. The first-order valence-corrected chi connectivity index (χ1v) is 13.4. The first-order chi connectivity index (χ1) is 19.4. The molecule has 11 heteroatoms. The minimum atomic E-state index is -1.46. The van der Waals surface area contributed by atoms with Gasteiger partial charge in [0.25, 0.3) is 11.8 Å². The number of nitrogens with zero attached hydrogens (tertiary/aromatic N) is 4. The summed E-state index contributed by atoms with van der Waals surface area (Å²) in [6.07, 6.45) is 2.91. The van der Waals surface area contributed by atoms with Gasteiger partial charge in [-0.15, -0.1) is 0 Å². The molecule has 4 aliphatic heterocycles. The van der Waals surface area contributed by atoms with Crippen molar-refractivity contribution in [1.29, 1.82) is 0 Å². The second kappa shape index (κ2) is 9.12. The first-order valence-electron chi connectivity index (χ1n) is 13.4. The summed E-state index contributed by atoms with van der Waals surface area (Å²) in [6.45, 7) is 4.35. The van der Waals surface area contributed by atoms with Crippen molar-refractivity contribution in [2.24, 2.45) is 5.41 Å². The molecule has 3 fully saturated rings. The van der Waals surface area contributed by atoms with E-state index in [1.807, 2.05) is 26.0 Å². The van der Waals surface area contributed by atoms with Crippen LogP contribution in [0, 0.1) is 19.3 Å². The lowest BCUT2D eigenvalue weighted by Gasteiger charge is -2.50. The number of rotatable bonds is 2. The number of urea groups is 2. The highest BCUT2D eigenvalue weighted by atomic mass is 16.2. The Morgan fingerprint density at radius 1 is 0.902 bits per heavy atom. The van der Waals surface area contributed by atoms with E-state index < -0.39 is 41.1 Å². The number of benzene rings is 2. The molecule has 3 saturated heterocycles. The fourth-order valence-electron chi connectivity index (χ4n) is 6.77. The molecule has 0 unspecified atom stereocenters. The molecule has 11 nitrogen and oxygen atoms in total. The predicted molar refractivity (Wildman–Crippen MR) is 149 cm³/mol. The number of carbonyl (C=O) groups excluding carboxylic acids is 6. The van der Waals surface area contributed by atoms with Crippen LogP contribution in [0.15, 0.2) is 42.0 Å². The van der Waals surface area contributed by atoms with E-state index in [9.17, 15) is 28.8 Å². The van der Waals surface area contributed by atoms with Crippen LogP contribution in [0.4, 0.5) is 21.0 Å². The van der Waals surface area contributed by atoms with Gasteiger partial charge in [0.15, 0.2) is 5.41 Å². The molecule has 2 aromatic rings. The van der Waals surface area contributed by atoms with Crippen molar-refractivity contribution in [1.82, 2.24) is 15.1 Å². The molecule has 2 aromatic carbocycles. The maximum Gasteiger partial charge on any atom is 0.335 e. The van der Waals surface area contributed by atoms with Crippen LogP contribution in [0.5, 0.6) is 0 Å². The summed E-state index contributed by atoms with van der Waals surface area (Å²) in [5.74, 6) is -2.62. The van der Waals surface area contributed by atoms with Crippen molar-refractivity contribution >= 4 is 53.1 Å². The average Bonchev–Trinajstić information content (AvgIpc) is 3.42. The van der Waals surface area contributed by atoms with E-state index in [1.165, 1.54) is 20.2 Å². The van der Waals surface area contributed by atoms with Gasteiger partial charge in [0.1, 0.15) is 5.57 Å². The quantitative estimate of drug-likeness (QED) is 0.343. The highest BCUT2D eigenvalue weighted by molar-refractivity contribution is 6.39. The van der Waals surface area contributed by atoms with Gasteiger partial charge in [-0.05, 0) is 85.7 Å². The normalized spacial score (nSPS) is 23.0. The summed E-state index contributed by atoms with van der Waals surface area (Å²) in [6, 6.07) is 8.81. The third-order valence-electron chi connectivity index (χ3n) is 8.53. The largest absolute Gasteiger partial charge is 0.367 e. The van der Waals surface area contributed by atoms with Crippen molar-refractivity contribution < 1.29 is 28.8 Å². The molecule has 4 heterocycles. The van der Waals surface area contributed by atoms with Crippen LogP contribution in [0.1, 0.15) is 35.1 Å². The third-order valence-corrected chi connectivity index (χ3v) is 8.53. The molecule has 8 amide bonds. The van der Waals surface area contributed by atoms with Crippen LogP contribution in [-0.4, -0.2) is 72.2 Å². The number of hydrogen-bond donors (Lipinski definition) is 1. The van der Waals surface area contributed by atoms with Gasteiger partial charge in [0, 0.05) is 26.3 Å². The average molecular weight is 556 g/mol. The number of nitrogens with one attached hydrogen (secondary N) is 1. The zero-order chi connectivity index (χ0) is 29.4. The number of hydrogen-bond acceptors (Lipinski definition) is 7. The van der Waals surface area contributed by atoms with Crippen molar-refractivity contribution in [2.45, 2.75) is 39.2 Å². The maximum absolute atomic E-state index is 13.6. The number of anilines is 2. The Morgan fingerprint density at radius 2 is 1.56 bits per heavy atom. The highest BCUT2D eigenvalue weighted by Crippen LogP contribution is 2.49. The fraction of sp³-hybridized carbons (Fsp3) is 0.333. The van der Waals surface area contributed by atoms with Crippen LogP contribution in [-0.2, 0) is 25.6 Å². The molecule has 4 aliphatic rings. The molecule has 6 rings (SSSR count). The van der Waals surface area contributed by atoms with Gasteiger partial charge in [-0.1, -0.05) is 12.1 Å². The van der Waals surface area contributed by atoms with E-state index in [-0.39, 0.29) is 18.0 Å². The number of aryl methyl sites for hydroxylation is 2. The lowest BCUT2D eigenvalue weighted by Crippen LogP contribution is -2.70. The maximum atomic E-state index is 13.6. The molecule has 210 valence electrons. The van der Waals surface area contributed by atoms with Gasteiger partial charge >= 0.3 is 12.1 Å². The Bertz CT molecular complexity index is 1580. The lowest BCUT2D eigenvalue weighted by molar-refractivity contribution is -0.159. The molecule has 1 N–H and O–H groups in total. The first kappa shape index (κ1) is 26.4. The van der Waals surface area contributed by atoms with E-state index in [1.54, 1.807) is 24.3 Å². The van der Waals surface area contributed by atoms with Crippen LogP contribution < -0.4 is 15.1 Å². The molecular weight excluding hydrogens is 526 g/mol. The van der Waals surface area contributed by atoms with E-state index >= 15 is 0 Å². The molecule has 0 aromatic heterocycles. The second-order valence-electron chi connectivity index (χ2n) is 11.2. The van der Waals surface area contributed by atoms with Crippen molar-refractivity contribution in [3.63, 3.8) is 0 Å². The summed E-state index contributed by atoms with van der Waals surface area (Å²) < 4.78 is 0. The van der Waals surface area contributed by atoms with Gasteiger partial charge in [-0.25, -0.2) is 14.5 Å². The molecule has 0 radical (unpaired) electrons. The van der Waals surface area contributed by atoms with Crippen molar-refractivity contribution in [3.8, 4) is 0 Å². The van der Waals surface area contributed by atoms with Crippen LogP contribution >= 0.6 is 0 Å². The number of fused-ring (bicyclic) bond motifs is 4. The van der Waals surface area contributed by atoms with Gasteiger partial charge < -0.3 is 4.90 Å². The monoisotopic (exact) mass is 555 g/mol. The van der Waals surface area contributed by atoms with Crippen molar-refractivity contribution in [2.75, 3.05) is 30.4 Å². The summed E-state index contributed by atoms with van der Waals surface area (Å²) >= 11 is 0. The predicted octanol–water partition coefficient (Wildman–Crippen LogP) is 2.53. The Kier molecular flexibility index (Phi) is 5.88. The minimum Gasteiger partial charge on any atom is -0.367 e. The van der Waals surface area contributed by atoms with E-state index in [0.29, 0.717) is 29.8 Å². The summed E-state index contributed by atoms with van der Waals surface area (Å²) in [5.41, 5.74) is 2.45. The SMILES string of the molecule is Cc1cc(C)cc(N2C(=O)NC(=O)/C(=C\c3ccc4c(c3)CC3(C(=O)N(C)C(=O)N(C)C3=O)[C@H]3CCCN43)C2=O)c1. The summed E-state index contributed by atoms with van der Waals surface area (Å²) in [5, 5.41) is 2.25. The topological polar surface area (TPSA) is 127 Å². The Balaban J connectivity index is 1.41. The number of amides is 8. The number of imide groups is 4. The third kappa shape index (κ3) is 3.79. The molecule has 1 atom stereocenters. The van der Waals surface area contributed by atoms with E-state index in [0.717, 1.165) is 37.9 Å². The fourth-order valence-corrected chi connectivity index (χ4v) is 6.77. The zero-order valence-corrected chi connectivity index (χ0v) is 23.2. The van der Waals surface area contributed by atoms with E-state index in [4.69, 9.17) is 0 Å². The van der Waals surface area contributed by atoms with Crippen LogP contribution in [0.25, 0.3) is 6.08 Å². The van der Waals surface area contributed by atoms with Gasteiger partial charge in [0.05, 0.1) is 11.7 Å². The Morgan fingerprint density at radius 3 is 2.22 bits per heavy atom. The number of carbonyl (C=O) groups is 6. The standard InChI is InChI=1S/C30H29N5O6/c1-16-10-17(2)12-20(11-16)35-25(37)21(24(36)31-28(35)40)14-18-7-8-22-19(13-18)15-30(23-6-5-9-34(22)23)26(38)32(3)29(41)33(4)27(30)39/h7-8,10-14,23H,5-6,9,15H2,1-4H3,(H,31,36,40)/b21-14+/t23-/m1/s1.